The standard InChI is InChI=1S/C12H16BrNO3/c1-12(2,3)17-11(15)9-5-8(6-13)7-14-10(9)16-4/h5,7H,6H2,1-4H3. The smallest absolute Gasteiger partial charge is 0.344 e. The van der Waals surface area contributed by atoms with Crippen LogP contribution in [0.4, 0.5) is 0 Å². The van der Waals surface area contributed by atoms with E-state index in [0.717, 1.165) is 5.56 Å². The molecular formula is C12H16BrNO3. The quantitative estimate of drug-likeness (QED) is 0.636. The number of nitrogens with zero attached hydrogens (tertiary/aromatic N) is 1. The van der Waals surface area contributed by atoms with Crippen LogP contribution in [-0.4, -0.2) is 23.7 Å². The minimum absolute atomic E-state index is 0.281. The van der Waals surface area contributed by atoms with Crippen LogP contribution in [0.2, 0.25) is 0 Å². The average Bonchev–Trinajstić information content (AvgIpc) is 2.25. The van der Waals surface area contributed by atoms with Crippen molar-refractivity contribution in [3.63, 3.8) is 0 Å². The first-order valence-electron chi connectivity index (χ1n) is 5.19. The van der Waals surface area contributed by atoms with E-state index in [-0.39, 0.29) is 5.88 Å². The Morgan fingerprint density at radius 3 is 2.59 bits per heavy atom. The van der Waals surface area contributed by atoms with Gasteiger partial charge in [0, 0.05) is 11.5 Å². The van der Waals surface area contributed by atoms with Crippen molar-refractivity contribution < 1.29 is 14.3 Å². The highest BCUT2D eigenvalue weighted by molar-refractivity contribution is 9.08. The molecule has 0 fully saturated rings. The molecular weight excluding hydrogens is 286 g/mol. The number of alkyl halides is 1. The minimum atomic E-state index is -0.535. The number of rotatable bonds is 3. The molecule has 0 bridgehead atoms. The van der Waals surface area contributed by atoms with Crippen LogP contribution in [0.3, 0.4) is 0 Å². The van der Waals surface area contributed by atoms with Crippen molar-refractivity contribution in [2.45, 2.75) is 31.7 Å². The first kappa shape index (κ1) is 14.0. The van der Waals surface area contributed by atoms with Crippen LogP contribution < -0.4 is 4.74 Å². The fraction of sp³-hybridized carbons (Fsp3) is 0.500. The maximum Gasteiger partial charge on any atom is 0.344 e. The van der Waals surface area contributed by atoms with Crippen LogP contribution >= 0.6 is 15.9 Å². The van der Waals surface area contributed by atoms with Gasteiger partial charge in [0.25, 0.3) is 0 Å². The molecule has 0 N–H and O–H groups in total. The molecule has 0 aromatic carbocycles. The number of esters is 1. The van der Waals surface area contributed by atoms with Gasteiger partial charge in [0.1, 0.15) is 11.2 Å². The summed E-state index contributed by atoms with van der Waals surface area (Å²) in [6.45, 7) is 5.46. The Balaban J connectivity index is 3.05. The van der Waals surface area contributed by atoms with Gasteiger partial charge in [0.15, 0.2) is 0 Å². The largest absolute Gasteiger partial charge is 0.480 e. The van der Waals surface area contributed by atoms with Gasteiger partial charge < -0.3 is 9.47 Å². The molecule has 0 aliphatic carbocycles. The Bertz CT molecular complexity index is 413. The number of ether oxygens (including phenoxy) is 2. The van der Waals surface area contributed by atoms with Crippen LogP contribution in [-0.2, 0) is 10.1 Å². The SMILES string of the molecule is COc1ncc(CBr)cc1C(=O)OC(C)(C)C. The van der Waals surface area contributed by atoms with E-state index in [1.165, 1.54) is 7.11 Å². The van der Waals surface area contributed by atoms with Gasteiger partial charge in [-0.15, -0.1) is 0 Å². The van der Waals surface area contributed by atoms with Crippen molar-refractivity contribution in [3.05, 3.63) is 23.4 Å². The predicted octanol–water partition coefficient (Wildman–Crippen LogP) is 2.94. The first-order chi connectivity index (χ1) is 7.87. The van der Waals surface area contributed by atoms with Crippen molar-refractivity contribution in [2.24, 2.45) is 0 Å². The Hall–Kier alpha value is -1.10. The molecule has 1 heterocycles. The molecule has 1 rings (SSSR count). The van der Waals surface area contributed by atoms with Crippen LogP contribution in [0.25, 0.3) is 0 Å². The number of halogens is 1. The van der Waals surface area contributed by atoms with E-state index in [1.807, 2.05) is 20.8 Å². The van der Waals surface area contributed by atoms with Crippen molar-refractivity contribution >= 4 is 21.9 Å². The van der Waals surface area contributed by atoms with E-state index >= 15 is 0 Å². The molecule has 0 amide bonds. The molecule has 4 nitrogen and oxygen atoms in total. The van der Waals surface area contributed by atoms with E-state index in [1.54, 1.807) is 12.3 Å². The lowest BCUT2D eigenvalue weighted by Gasteiger charge is -2.20. The van der Waals surface area contributed by atoms with E-state index in [2.05, 4.69) is 20.9 Å². The second-order valence-electron chi connectivity index (χ2n) is 4.54. The predicted molar refractivity (Wildman–Crippen MR) is 68.6 cm³/mol. The summed E-state index contributed by atoms with van der Waals surface area (Å²) in [5.41, 5.74) is 0.706. The third-order valence-electron chi connectivity index (χ3n) is 1.87. The average molecular weight is 302 g/mol. The molecule has 0 unspecified atom stereocenters. The monoisotopic (exact) mass is 301 g/mol. The summed E-state index contributed by atoms with van der Waals surface area (Å²) >= 11 is 3.32. The van der Waals surface area contributed by atoms with Gasteiger partial charge in [-0.25, -0.2) is 9.78 Å². The second kappa shape index (κ2) is 5.49. The number of methoxy groups -OCH3 is 1. The molecule has 0 atom stereocenters. The number of pyridine rings is 1. The molecule has 0 spiro atoms. The molecule has 0 saturated carbocycles. The number of hydrogen-bond acceptors (Lipinski definition) is 4. The zero-order valence-electron chi connectivity index (χ0n) is 10.4. The maximum atomic E-state index is 12.0. The highest BCUT2D eigenvalue weighted by Crippen LogP contribution is 2.21. The van der Waals surface area contributed by atoms with Crippen molar-refractivity contribution in [2.75, 3.05) is 7.11 Å². The third kappa shape index (κ3) is 4.00. The molecule has 0 aliphatic heterocycles. The lowest BCUT2D eigenvalue weighted by atomic mass is 10.1. The van der Waals surface area contributed by atoms with E-state index < -0.39 is 11.6 Å². The molecule has 17 heavy (non-hydrogen) atoms. The molecule has 1 aromatic heterocycles. The first-order valence-corrected chi connectivity index (χ1v) is 6.31. The molecule has 94 valence electrons. The molecule has 0 radical (unpaired) electrons. The normalized spacial score (nSPS) is 11.1. The lowest BCUT2D eigenvalue weighted by molar-refractivity contribution is 0.00656. The number of hydrogen-bond donors (Lipinski definition) is 0. The van der Waals surface area contributed by atoms with Crippen LogP contribution in [0.15, 0.2) is 12.3 Å². The van der Waals surface area contributed by atoms with Crippen molar-refractivity contribution in [1.82, 2.24) is 4.98 Å². The highest BCUT2D eigenvalue weighted by Gasteiger charge is 2.22. The summed E-state index contributed by atoms with van der Waals surface area (Å²) in [5, 5.41) is 0.625. The Morgan fingerprint density at radius 1 is 1.47 bits per heavy atom. The van der Waals surface area contributed by atoms with Gasteiger partial charge in [-0.1, -0.05) is 15.9 Å². The number of aromatic nitrogens is 1. The second-order valence-corrected chi connectivity index (χ2v) is 5.10. The van der Waals surface area contributed by atoms with Crippen LogP contribution in [0.5, 0.6) is 5.88 Å². The van der Waals surface area contributed by atoms with E-state index in [0.29, 0.717) is 10.9 Å². The molecule has 5 heteroatoms. The van der Waals surface area contributed by atoms with Crippen molar-refractivity contribution in [3.8, 4) is 5.88 Å². The Kier molecular flexibility index (Phi) is 4.51. The maximum absolute atomic E-state index is 12.0. The summed E-state index contributed by atoms with van der Waals surface area (Å²) in [5.74, 6) is -0.145. The molecule has 0 aliphatic rings. The molecule has 0 saturated heterocycles. The van der Waals surface area contributed by atoms with Gasteiger partial charge in [-0.3, -0.25) is 0 Å². The zero-order valence-corrected chi connectivity index (χ0v) is 12.0. The summed E-state index contributed by atoms with van der Waals surface area (Å²) in [6.07, 6.45) is 1.65. The summed E-state index contributed by atoms with van der Waals surface area (Å²) < 4.78 is 10.3. The lowest BCUT2D eigenvalue weighted by Crippen LogP contribution is -2.24. The summed E-state index contributed by atoms with van der Waals surface area (Å²) in [7, 11) is 1.48. The summed E-state index contributed by atoms with van der Waals surface area (Å²) in [4.78, 5) is 16.0. The zero-order chi connectivity index (χ0) is 13.1. The van der Waals surface area contributed by atoms with E-state index in [9.17, 15) is 4.79 Å². The van der Waals surface area contributed by atoms with Crippen LogP contribution in [0, 0.1) is 0 Å². The number of carbonyl (C=O) groups is 1. The Labute approximate surface area is 109 Å². The van der Waals surface area contributed by atoms with Gasteiger partial charge in [-0.05, 0) is 32.4 Å². The molecule has 1 aromatic rings. The van der Waals surface area contributed by atoms with Crippen molar-refractivity contribution in [1.29, 1.82) is 0 Å². The van der Waals surface area contributed by atoms with Gasteiger partial charge >= 0.3 is 5.97 Å². The van der Waals surface area contributed by atoms with Gasteiger partial charge in [0.05, 0.1) is 7.11 Å². The van der Waals surface area contributed by atoms with Gasteiger partial charge in [-0.2, -0.15) is 0 Å². The van der Waals surface area contributed by atoms with E-state index in [4.69, 9.17) is 9.47 Å². The topological polar surface area (TPSA) is 48.4 Å². The van der Waals surface area contributed by atoms with Crippen LogP contribution in [0.1, 0.15) is 36.7 Å². The third-order valence-corrected chi connectivity index (χ3v) is 2.52. The van der Waals surface area contributed by atoms with Gasteiger partial charge in [0.2, 0.25) is 5.88 Å². The number of carbonyl (C=O) groups excluding carboxylic acids is 1. The highest BCUT2D eigenvalue weighted by atomic mass is 79.9. The fourth-order valence-corrected chi connectivity index (χ4v) is 1.52. The fourth-order valence-electron chi connectivity index (χ4n) is 1.21. The Morgan fingerprint density at radius 2 is 2.12 bits per heavy atom. The minimum Gasteiger partial charge on any atom is -0.480 e. The summed E-state index contributed by atoms with van der Waals surface area (Å²) in [6, 6.07) is 1.72.